The Morgan fingerprint density at radius 2 is 1.68 bits per heavy atom. The molecule has 0 N–H and O–H groups in total. The molecule has 0 saturated heterocycles. The van der Waals surface area contributed by atoms with Crippen molar-refractivity contribution in [2.45, 2.75) is 6.92 Å². The SMILES string of the molecule is CC(=O)O/N=C/c1c(-c2ccccc2)ccc2ccccc12. The second-order valence-electron chi connectivity index (χ2n) is 4.93. The normalized spacial score (nSPS) is 11.0. The van der Waals surface area contributed by atoms with Gasteiger partial charge in [0, 0.05) is 12.5 Å². The van der Waals surface area contributed by atoms with Gasteiger partial charge in [0.05, 0.1) is 6.21 Å². The highest BCUT2D eigenvalue weighted by atomic mass is 16.7. The van der Waals surface area contributed by atoms with Gasteiger partial charge in [-0.2, -0.15) is 0 Å². The van der Waals surface area contributed by atoms with E-state index in [4.69, 9.17) is 4.84 Å². The maximum Gasteiger partial charge on any atom is 0.331 e. The van der Waals surface area contributed by atoms with Crippen LogP contribution in [0.2, 0.25) is 0 Å². The number of hydrogen-bond donors (Lipinski definition) is 0. The zero-order chi connectivity index (χ0) is 15.4. The molecule has 0 spiro atoms. The highest BCUT2D eigenvalue weighted by molar-refractivity contribution is 6.06. The molecule has 0 heterocycles. The van der Waals surface area contributed by atoms with Gasteiger partial charge in [0.25, 0.3) is 0 Å². The summed E-state index contributed by atoms with van der Waals surface area (Å²) in [5.74, 6) is -0.433. The maximum absolute atomic E-state index is 10.9. The van der Waals surface area contributed by atoms with Gasteiger partial charge in [-0.25, -0.2) is 4.79 Å². The quantitative estimate of drug-likeness (QED) is 0.407. The third-order valence-corrected chi connectivity index (χ3v) is 3.42. The summed E-state index contributed by atoms with van der Waals surface area (Å²) in [5, 5.41) is 5.99. The van der Waals surface area contributed by atoms with E-state index in [2.05, 4.69) is 17.3 Å². The second-order valence-corrected chi connectivity index (χ2v) is 4.93. The van der Waals surface area contributed by atoms with Crippen molar-refractivity contribution < 1.29 is 9.63 Å². The molecule has 0 unspecified atom stereocenters. The predicted octanol–water partition coefficient (Wildman–Crippen LogP) is 4.40. The van der Waals surface area contributed by atoms with E-state index >= 15 is 0 Å². The first-order valence-corrected chi connectivity index (χ1v) is 7.04. The molecule has 0 aromatic heterocycles. The smallest absolute Gasteiger partial charge is 0.319 e. The number of rotatable bonds is 3. The van der Waals surface area contributed by atoms with Gasteiger partial charge in [0.1, 0.15) is 0 Å². The molecule has 22 heavy (non-hydrogen) atoms. The molecule has 0 atom stereocenters. The van der Waals surface area contributed by atoms with Crippen molar-refractivity contribution in [2.75, 3.05) is 0 Å². The summed E-state index contributed by atoms with van der Waals surface area (Å²) in [7, 11) is 0. The highest BCUT2D eigenvalue weighted by Gasteiger charge is 2.08. The van der Waals surface area contributed by atoms with Crippen molar-refractivity contribution in [3.8, 4) is 11.1 Å². The van der Waals surface area contributed by atoms with Crippen LogP contribution in [0.1, 0.15) is 12.5 Å². The number of hydrogen-bond acceptors (Lipinski definition) is 3. The summed E-state index contributed by atoms with van der Waals surface area (Å²) in [4.78, 5) is 15.6. The summed E-state index contributed by atoms with van der Waals surface area (Å²) < 4.78 is 0. The van der Waals surface area contributed by atoms with Crippen molar-refractivity contribution in [3.63, 3.8) is 0 Å². The lowest BCUT2D eigenvalue weighted by atomic mass is 9.95. The topological polar surface area (TPSA) is 38.7 Å². The van der Waals surface area contributed by atoms with Crippen molar-refractivity contribution in [2.24, 2.45) is 5.16 Å². The fourth-order valence-electron chi connectivity index (χ4n) is 2.46. The number of carbonyl (C=O) groups excluding carboxylic acids is 1. The van der Waals surface area contributed by atoms with Gasteiger partial charge >= 0.3 is 5.97 Å². The van der Waals surface area contributed by atoms with E-state index in [-0.39, 0.29) is 0 Å². The van der Waals surface area contributed by atoms with Crippen molar-refractivity contribution >= 4 is 23.0 Å². The number of nitrogens with zero attached hydrogens (tertiary/aromatic N) is 1. The van der Waals surface area contributed by atoms with Crippen LogP contribution in [0.4, 0.5) is 0 Å². The molecular formula is C19H15NO2. The fourth-order valence-corrected chi connectivity index (χ4v) is 2.46. The Morgan fingerprint density at radius 1 is 0.955 bits per heavy atom. The third-order valence-electron chi connectivity index (χ3n) is 3.42. The first kappa shape index (κ1) is 14.0. The molecule has 3 rings (SSSR count). The van der Waals surface area contributed by atoms with Crippen molar-refractivity contribution in [3.05, 3.63) is 72.3 Å². The molecule has 0 fully saturated rings. The molecule has 0 radical (unpaired) electrons. The molecule has 0 saturated carbocycles. The molecule has 0 amide bonds. The minimum Gasteiger partial charge on any atom is -0.319 e. The molecule has 0 aliphatic rings. The molecule has 3 heteroatoms. The van der Waals surface area contributed by atoms with Gasteiger partial charge in [-0.1, -0.05) is 71.9 Å². The lowest BCUT2D eigenvalue weighted by Crippen LogP contribution is -1.95. The Hall–Kier alpha value is -2.94. The summed E-state index contributed by atoms with van der Waals surface area (Å²) >= 11 is 0. The van der Waals surface area contributed by atoms with Gasteiger partial charge in [-0.3, -0.25) is 0 Å². The Morgan fingerprint density at radius 3 is 2.45 bits per heavy atom. The standard InChI is InChI=1S/C19H15NO2/c1-14(21)22-20-13-19-17-10-6-5-9-16(17)11-12-18(19)15-7-3-2-4-8-15/h2-13H,1H3/b20-13+. The fraction of sp³-hybridized carbons (Fsp3) is 0.0526. The Bertz CT molecular complexity index is 838. The first-order valence-electron chi connectivity index (χ1n) is 7.04. The van der Waals surface area contributed by atoms with E-state index in [0.717, 1.165) is 27.5 Å². The summed E-state index contributed by atoms with van der Waals surface area (Å²) in [6.07, 6.45) is 1.60. The highest BCUT2D eigenvalue weighted by Crippen LogP contribution is 2.29. The van der Waals surface area contributed by atoms with Gasteiger partial charge in [0.2, 0.25) is 0 Å². The van der Waals surface area contributed by atoms with Gasteiger partial charge in [0.15, 0.2) is 0 Å². The van der Waals surface area contributed by atoms with E-state index in [1.165, 1.54) is 6.92 Å². The van der Waals surface area contributed by atoms with Crippen LogP contribution in [0.15, 0.2) is 71.9 Å². The lowest BCUT2D eigenvalue weighted by Gasteiger charge is -2.09. The van der Waals surface area contributed by atoms with Crippen molar-refractivity contribution in [1.29, 1.82) is 0 Å². The van der Waals surface area contributed by atoms with Crippen LogP contribution >= 0.6 is 0 Å². The van der Waals surface area contributed by atoms with Crippen LogP contribution in [0.5, 0.6) is 0 Å². The monoisotopic (exact) mass is 289 g/mol. The van der Waals surface area contributed by atoms with E-state index in [9.17, 15) is 4.79 Å². The number of carbonyl (C=O) groups is 1. The van der Waals surface area contributed by atoms with Gasteiger partial charge < -0.3 is 4.84 Å². The molecule has 0 aliphatic heterocycles. The summed E-state index contributed by atoms with van der Waals surface area (Å²) in [6.45, 7) is 1.33. The van der Waals surface area contributed by atoms with E-state index < -0.39 is 5.97 Å². The molecule has 0 bridgehead atoms. The third kappa shape index (κ3) is 2.88. The lowest BCUT2D eigenvalue weighted by molar-refractivity contribution is -0.140. The molecule has 0 aliphatic carbocycles. The van der Waals surface area contributed by atoms with E-state index in [1.807, 2.05) is 54.6 Å². The largest absolute Gasteiger partial charge is 0.331 e. The Kier molecular flexibility index (Phi) is 3.97. The molecule has 108 valence electrons. The van der Waals surface area contributed by atoms with Crippen LogP contribution in [-0.2, 0) is 9.63 Å². The molecule has 3 aromatic rings. The van der Waals surface area contributed by atoms with E-state index in [0.29, 0.717) is 0 Å². The molecule has 3 aromatic carbocycles. The average Bonchev–Trinajstić information content (AvgIpc) is 2.55. The Balaban J connectivity index is 2.19. The van der Waals surface area contributed by atoms with Gasteiger partial charge in [-0.15, -0.1) is 0 Å². The van der Waals surface area contributed by atoms with Crippen LogP contribution in [0, 0.1) is 0 Å². The maximum atomic E-state index is 10.9. The minimum atomic E-state index is -0.433. The first-order chi connectivity index (χ1) is 10.8. The molecular weight excluding hydrogens is 274 g/mol. The van der Waals surface area contributed by atoms with Crippen LogP contribution in [0.3, 0.4) is 0 Å². The van der Waals surface area contributed by atoms with Crippen LogP contribution < -0.4 is 0 Å². The zero-order valence-corrected chi connectivity index (χ0v) is 12.2. The summed E-state index contributed by atoms with van der Waals surface area (Å²) in [5.41, 5.74) is 3.08. The molecule has 3 nitrogen and oxygen atoms in total. The number of fused-ring (bicyclic) bond motifs is 1. The van der Waals surface area contributed by atoms with Crippen LogP contribution in [-0.4, -0.2) is 12.2 Å². The summed E-state index contributed by atoms with van der Waals surface area (Å²) in [6, 6.07) is 22.3. The second kappa shape index (κ2) is 6.22. The Labute approximate surface area is 128 Å². The van der Waals surface area contributed by atoms with Gasteiger partial charge in [-0.05, 0) is 21.9 Å². The zero-order valence-electron chi connectivity index (χ0n) is 12.2. The van der Waals surface area contributed by atoms with Crippen LogP contribution in [0.25, 0.3) is 21.9 Å². The number of oxime groups is 1. The predicted molar refractivity (Wildman–Crippen MR) is 88.7 cm³/mol. The minimum absolute atomic E-state index is 0.433. The average molecular weight is 289 g/mol. The van der Waals surface area contributed by atoms with Crippen molar-refractivity contribution in [1.82, 2.24) is 0 Å². The van der Waals surface area contributed by atoms with E-state index in [1.54, 1.807) is 6.21 Å². The number of benzene rings is 3.